The number of carbonyl (C=O) groups excluding carboxylic acids is 2. The van der Waals surface area contributed by atoms with Crippen LogP contribution in [0.25, 0.3) is 0 Å². The van der Waals surface area contributed by atoms with Crippen LogP contribution in [0.2, 0.25) is 0 Å². The number of amides is 2. The molecule has 0 aromatic heterocycles. The summed E-state index contributed by atoms with van der Waals surface area (Å²) in [7, 11) is -3.89. The van der Waals surface area contributed by atoms with Crippen LogP contribution < -0.4 is 10.6 Å². The van der Waals surface area contributed by atoms with Crippen molar-refractivity contribution >= 4 is 27.5 Å². The fraction of sp³-hybridized carbons (Fsp3) is 0.391. The first-order valence-corrected chi connectivity index (χ1v) is 12.5. The molecular weight excluding hydrogens is 447 g/mol. The average Bonchev–Trinajstić information content (AvgIpc) is 3.62. The van der Waals surface area contributed by atoms with E-state index in [1.165, 1.54) is 22.5 Å². The molecule has 2 aromatic rings. The van der Waals surface area contributed by atoms with E-state index < -0.39 is 15.8 Å². The number of hydrogen-bond donors (Lipinski definition) is 2. The minimum absolute atomic E-state index is 0.194. The Labute approximate surface area is 192 Å². The minimum Gasteiger partial charge on any atom is -0.349 e. The molecule has 2 aromatic carbocycles. The Kier molecular flexibility index (Phi) is 7.06. The Balaban J connectivity index is 1.27. The largest absolute Gasteiger partial charge is 0.349 e. The van der Waals surface area contributed by atoms with Crippen LogP contribution in [0.15, 0.2) is 53.4 Å². The van der Waals surface area contributed by atoms with Crippen LogP contribution in [0.1, 0.15) is 29.6 Å². The molecule has 1 saturated heterocycles. The highest BCUT2D eigenvalue weighted by Gasteiger charge is 2.30. The Morgan fingerprint density at radius 2 is 1.64 bits per heavy atom. The van der Waals surface area contributed by atoms with E-state index in [1.54, 1.807) is 24.3 Å². The molecule has 2 aliphatic rings. The second-order valence-electron chi connectivity index (χ2n) is 8.27. The summed E-state index contributed by atoms with van der Waals surface area (Å²) in [5.74, 6) is -1.17. The number of anilines is 1. The quantitative estimate of drug-likeness (QED) is 0.610. The van der Waals surface area contributed by atoms with E-state index in [4.69, 9.17) is 0 Å². The summed E-state index contributed by atoms with van der Waals surface area (Å²) < 4.78 is 40.7. The lowest BCUT2D eigenvalue weighted by Gasteiger charge is -2.33. The number of piperazine rings is 1. The molecule has 8 nitrogen and oxygen atoms in total. The normalized spacial score (nSPS) is 17.5. The SMILES string of the molecule is O=C(CCN1CCN(S(=O)(=O)c2ccccc2F)CC1)Nc1ccccc1C(=O)NC1CC1. The number of halogens is 1. The van der Waals surface area contributed by atoms with Crippen LogP contribution in [0.4, 0.5) is 10.1 Å². The molecule has 2 N–H and O–H groups in total. The number of nitrogens with one attached hydrogen (secondary N) is 2. The van der Waals surface area contributed by atoms with Crippen LogP contribution in [0.5, 0.6) is 0 Å². The second-order valence-corrected chi connectivity index (χ2v) is 10.2. The summed E-state index contributed by atoms with van der Waals surface area (Å²) in [6, 6.07) is 12.5. The van der Waals surface area contributed by atoms with Gasteiger partial charge in [0.2, 0.25) is 15.9 Å². The molecule has 0 radical (unpaired) electrons. The average molecular weight is 475 g/mol. The molecule has 176 valence electrons. The van der Waals surface area contributed by atoms with E-state index in [1.807, 2.05) is 4.90 Å². The maximum Gasteiger partial charge on any atom is 0.253 e. The van der Waals surface area contributed by atoms with Gasteiger partial charge in [0, 0.05) is 45.2 Å². The third kappa shape index (κ3) is 5.76. The van der Waals surface area contributed by atoms with Crippen molar-refractivity contribution < 1.29 is 22.4 Å². The van der Waals surface area contributed by atoms with Crippen LogP contribution in [0.3, 0.4) is 0 Å². The van der Waals surface area contributed by atoms with Crippen LogP contribution in [0, 0.1) is 5.82 Å². The summed E-state index contributed by atoms with van der Waals surface area (Å²) in [5.41, 5.74) is 0.908. The lowest BCUT2D eigenvalue weighted by Crippen LogP contribution is -2.49. The monoisotopic (exact) mass is 474 g/mol. The van der Waals surface area contributed by atoms with Gasteiger partial charge >= 0.3 is 0 Å². The fourth-order valence-corrected chi connectivity index (χ4v) is 5.23. The van der Waals surface area contributed by atoms with Gasteiger partial charge in [0.1, 0.15) is 10.7 Å². The van der Waals surface area contributed by atoms with E-state index in [9.17, 15) is 22.4 Å². The summed E-state index contributed by atoms with van der Waals surface area (Å²) >= 11 is 0. The maximum absolute atomic E-state index is 14.0. The van der Waals surface area contributed by atoms with Crippen LogP contribution in [-0.4, -0.2) is 68.2 Å². The molecular formula is C23H27FN4O4S. The van der Waals surface area contributed by atoms with Gasteiger partial charge in [-0.05, 0) is 37.1 Å². The predicted octanol–water partition coefficient (Wildman–Crippen LogP) is 2.05. The van der Waals surface area contributed by atoms with Crippen molar-refractivity contribution in [3.63, 3.8) is 0 Å². The van der Waals surface area contributed by atoms with E-state index >= 15 is 0 Å². The molecule has 33 heavy (non-hydrogen) atoms. The summed E-state index contributed by atoms with van der Waals surface area (Å²) in [5, 5.41) is 5.73. The van der Waals surface area contributed by atoms with Gasteiger partial charge in [0.05, 0.1) is 11.3 Å². The molecule has 10 heteroatoms. The van der Waals surface area contributed by atoms with E-state index in [2.05, 4.69) is 10.6 Å². The number of sulfonamides is 1. The van der Waals surface area contributed by atoms with Crippen molar-refractivity contribution in [2.24, 2.45) is 0 Å². The zero-order valence-electron chi connectivity index (χ0n) is 18.2. The first kappa shape index (κ1) is 23.3. The molecule has 1 aliphatic heterocycles. The topological polar surface area (TPSA) is 98.8 Å². The minimum atomic E-state index is -3.89. The Bertz CT molecular complexity index is 1130. The maximum atomic E-state index is 14.0. The molecule has 1 saturated carbocycles. The van der Waals surface area contributed by atoms with Crippen molar-refractivity contribution in [1.29, 1.82) is 0 Å². The summed E-state index contributed by atoms with van der Waals surface area (Å²) in [6.45, 7) is 1.80. The Morgan fingerprint density at radius 3 is 2.33 bits per heavy atom. The van der Waals surface area contributed by atoms with Gasteiger partial charge in [0.25, 0.3) is 5.91 Å². The Hall–Kier alpha value is -2.82. The highest BCUT2D eigenvalue weighted by molar-refractivity contribution is 7.89. The third-order valence-electron chi connectivity index (χ3n) is 5.80. The number of carbonyl (C=O) groups is 2. The highest BCUT2D eigenvalue weighted by Crippen LogP contribution is 2.22. The third-order valence-corrected chi connectivity index (χ3v) is 7.73. The lowest BCUT2D eigenvalue weighted by molar-refractivity contribution is -0.116. The van der Waals surface area contributed by atoms with Gasteiger partial charge in [-0.25, -0.2) is 12.8 Å². The fourth-order valence-electron chi connectivity index (χ4n) is 3.74. The number of hydrogen-bond acceptors (Lipinski definition) is 5. The Morgan fingerprint density at radius 1 is 0.970 bits per heavy atom. The molecule has 1 heterocycles. The molecule has 0 unspecified atom stereocenters. The van der Waals surface area contributed by atoms with Gasteiger partial charge < -0.3 is 15.5 Å². The first-order valence-electron chi connectivity index (χ1n) is 11.0. The van der Waals surface area contributed by atoms with E-state index in [-0.39, 0.29) is 42.3 Å². The molecule has 0 spiro atoms. The van der Waals surface area contributed by atoms with Crippen LogP contribution in [-0.2, 0) is 14.8 Å². The summed E-state index contributed by atoms with van der Waals surface area (Å²) in [6.07, 6.45) is 2.17. The van der Waals surface area contributed by atoms with Crippen molar-refractivity contribution in [1.82, 2.24) is 14.5 Å². The molecule has 1 aliphatic carbocycles. The molecule has 2 amide bonds. The van der Waals surface area contributed by atoms with Gasteiger partial charge in [0.15, 0.2) is 0 Å². The van der Waals surface area contributed by atoms with Gasteiger partial charge in [-0.1, -0.05) is 24.3 Å². The summed E-state index contributed by atoms with van der Waals surface area (Å²) in [4.78, 5) is 26.6. The highest BCUT2D eigenvalue weighted by atomic mass is 32.2. The number of benzene rings is 2. The predicted molar refractivity (Wildman–Crippen MR) is 122 cm³/mol. The van der Waals surface area contributed by atoms with Crippen molar-refractivity contribution in [2.75, 3.05) is 38.0 Å². The van der Waals surface area contributed by atoms with Crippen LogP contribution >= 0.6 is 0 Å². The van der Waals surface area contributed by atoms with Gasteiger partial charge in [-0.3, -0.25) is 9.59 Å². The molecule has 0 atom stereocenters. The number of rotatable bonds is 8. The van der Waals surface area contributed by atoms with E-state index in [0.29, 0.717) is 30.9 Å². The zero-order valence-corrected chi connectivity index (χ0v) is 19.0. The van der Waals surface area contributed by atoms with Gasteiger partial charge in [-0.15, -0.1) is 0 Å². The smallest absolute Gasteiger partial charge is 0.253 e. The standard InChI is InChI=1S/C23H27FN4O4S/c24-19-6-2-4-8-21(19)33(31,32)28-15-13-27(14-16-28)12-11-22(29)26-20-7-3-1-5-18(20)23(30)25-17-9-10-17/h1-8,17H,9-16H2,(H,25,30)(H,26,29). The lowest BCUT2D eigenvalue weighted by atomic mass is 10.1. The zero-order chi connectivity index (χ0) is 23.4. The van der Waals surface area contributed by atoms with Gasteiger partial charge in [-0.2, -0.15) is 4.31 Å². The van der Waals surface area contributed by atoms with Crippen molar-refractivity contribution in [3.8, 4) is 0 Å². The van der Waals surface area contributed by atoms with E-state index in [0.717, 1.165) is 18.9 Å². The molecule has 2 fully saturated rings. The second kappa shape index (κ2) is 9.98. The number of nitrogens with zero attached hydrogens (tertiary/aromatic N) is 2. The molecule has 0 bridgehead atoms. The van der Waals surface area contributed by atoms with Crippen molar-refractivity contribution in [3.05, 3.63) is 59.9 Å². The van der Waals surface area contributed by atoms with Crippen molar-refractivity contribution in [2.45, 2.75) is 30.2 Å². The number of para-hydroxylation sites is 1. The molecule has 4 rings (SSSR count). The first-order chi connectivity index (χ1) is 15.8.